The summed E-state index contributed by atoms with van der Waals surface area (Å²) in [6.45, 7) is 4.34. The van der Waals surface area contributed by atoms with Crippen LogP contribution in [0.4, 0.5) is 35.1 Å². The summed E-state index contributed by atoms with van der Waals surface area (Å²) in [6.07, 6.45) is 5.39. The molecule has 2 nitrogen and oxygen atoms in total. The van der Waals surface area contributed by atoms with E-state index in [2.05, 4.69) is 13.8 Å². The van der Waals surface area contributed by atoms with Gasteiger partial charge in [-0.1, -0.05) is 38.8 Å². The highest BCUT2D eigenvalue weighted by Crippen LogP contribution is 2.44. The predicted octanol–water partition coefficient (Wildman–Crippen LogP) is 14.3. The van der Waals surface area contributed by atoms with E-state index in [0.717, 1.165) is 75.8 Å². The summed E-state index contributed by atoms with van der Waals surface area (Å²) in [5.41, 5.74) is -1.17. The highest BCUT2D eigenvalue weighted by molar-refractivity contribution is 6.06. The molecule has 0 bridgehead atoms. The molecular formula is C41H38F8O2. The van der Waals surface area contributed by atoms with Crippen molar-refractivity contribution >= 4 is 43.9 Å². The van der Waals surface area contributed by atoms with Crippen molar-refractivity contribution in [3.8, 4) is 0 Å². The van der Waals surface area contributed by atoms with Gasteiger partial charge in [-0.05, 0) is 123 Å². The topological polar surface area (TPSA) is 26.3 Å². The summed E-state index contributed by atoms with van der Waals surface area (Å²) >= 11 is 0. The van der Waals surface area contributed by atoms with Gasteiger partial charge in [0, 0.05) is 21.5 Å². The first-order chi connectivity index (χ1) is 24.4. The smallest absolute Gasteiger partial charge is 0.419 e. The molecule has 2 aliphatic carbocycles. The lowest BCUT2D eigenvalue weighted by Crippen LogP contribution is -2.13. The molecule has 0 radical (unpaired) electrons. The summed E-state index contributed by atoms with van der Waals surface area (Å²) in [7, 11) is 0. The zero-order chi connectivity index (χ0) is 36.2. The molecule has 0 atom stereocenters. The van der Waals surface area contributed by atoms with E-state index in [-0.39, 0.29) is 34.0 Å². The minimum Gasteiger partial charge on any atom is -0.450 e. The molecule has 0 amide bonds. The molecule has 2 saturated carbocycles. The number of benzene rings is 4. The molecule has 0 saturated heterocycles. The number of furan rings is 2. The van der Waals surface area contributed by atoms with Crippen LogP contribution in [0.2, 0.25) is 0 Å². The molecule has 0 unspecified atom stereocenters. The van der Waals surface area contributed by atoms with Crippen LogP contribution in [0.15, 0.2) is 57.4 Å². The second-order valence-electron chi connectivity index (χ2n) is 14.2. The molecule has 2 heterocycles. The van der Waals surface area contributed by atoms with E-state index in [1.165, 1.54) is 12.5 Å². The Morgan fingerprint density at radius 3 is 1.27 bits per heavy atom. The molecule has 0 aliphatic heterocycles. The van der Waals surface area contributed by atoms with Gasteiger partial charge in [0.05, 0.1) is 5.56 Å². The lowest BCUT2D eigenvalue weighted by atomic mass is 9.77. The van der Waals surface area contributed by atoms with E-state index < -0.39 is 46.4 Å². The van der Waals surface area contributed by atoms with Crippen molar-refractivity contribution in [2.45, 2.75) is 96.1 Å². The summed E-state index contributed by atoms with van der Waals surface area (Å²) in [4.78, 5) is 0. The molecule has 0 spiro atoms. The summed E-state index contributed by atoms with van der Waals surface area (Å²) < 4.78 is 121. The van der Waals surface area contributed by atoms with Gasteiger partial charge in [0.25, 0.3) is 0 Å². The number of alkyl halides is 3. The van der Waals surface area contributed by atoms with Crippen molar-refractivity contribution in [3.63, 3.8) is 0 Å². The number of fused-ring (bicyclic) bond motifs is 6. The molecule has 4 aromatic carbocycles. The highest BCUT2D eigenvalue weighted by atomic mass is 19.4. The number of halogens is 8. The van der Waals surface area contributed by atoms with Crippen LogP contribution in [0, 0.1) is 40.9 Å². The summed E-state index contributed by atoms with van der Waals surface area (Å²) in [5, 5.41) is 1.34. The van der Waals surface area contributed by atoms with Crippen LogP contribution in [-0.4, -0.2) is 0 Å². The maximum Gasteiger partial charge on any atom is 0.419 e. The maximum atomic E-state index is 15.1. The van der Waals surface area contributed by atoms with Gasteiger partial charge in [-0.25, -0.2) is 17.6 Å². The predicted molar refractivity (Wildman–Crippen MR) is 182 cm³/mol. The monoisotopic (exact) mass is 714 g/mol. The largest absolute Gasteiger partial charge is 0.450 e. The van der Waals surface area contributed by atoms with E-state index in [4.69, 9.17) is 8.83 Å². The third-order valence-electron chi connectivity index (χ3n) is 11.4. The van der Waals surface area contributed by atoms with Gasteiger partial charge in [-0.2, -0.15) is 17.6 Å². The van der Waals surface area contributed by atoms with E-state index in [0.29, 0.717) is 39.3 Å². The minimum absolute atomic E-state index is 0.0321. The third-order valence-corrected chi connectivity index (χ3v) is 11.4. The van der Waals surface area contributed by atoms with Gasteiger partial charge >= 0.3 is 6.18 Å². The lowest BCUT2D eigenvalue weighted by Gasteiger charge is -2.28. The first-order valence-electron chi connectivity index (χ1n) is 17.8. The van der Waals surface area contributed by atoms with Crippen molar-refractivity contribution in [1.29, 1.82) is 0 Å². The molecule has 2 fully saturated rings. The molecule has 2 aliphatic rings. The van der Waals surface area contributed by atoms with Gasteiger partial charge < -0.3 is 8.83 Å². The van der Waals surface area contributed by atoms with Crippen LogP contribution < -0.4 is 0 Å². The first-order valence-corrected chi connectivity index (χ1v) is 17.8. The van der Waals surface area contributed by atoms with E-state index in [9.17, 15) is 30.7 Å². The van der Waals surface area contributed by atoms with Crippen LogP contribution in [0.5, 0.6) is 0 Å². The van der Waals surface area contributed by atoms with Crippen molar-refractivity contribution in [2.24, 2.45) is 11.8 Å². The van der Waals surface area contributed by atoms with Crippen LogP contribution in [-0.2, 0) is 6.18 Å². The van der Waals surface area contributed by atoms with Gasteiger partial charge in [0.1, 0.15) is 0 Å². The average molecular weight is 715 g/mol. The fourth-order valence-corrected chi connectivity index (χ4v) is 8.30. The molecule has 270 valence electrons. The Bertz CT molecular complexity index is 2210. The van der Waals surface area contributed by atoms with Crippen molar-refractivity contribution in [1.82, 2.24) is 0 Å². The average Bonchev–Trinajstić information content (AvgIpc) is 3.71. The minimum atomic E-state index is -4.83. The second-order valence-corrected chi connectivity index (χ2v) is 14.2. The van der Waals surface area contributed by atoms with E-state index in [1.807, 2.05) is 0 Å². The molecular weight excluding hydrogens is 676 g/mol. The molecule has 8 rings (SSSR count). The second kappa shape index (κ2) is 13.8. The molecule has 2 aromatic heterocycles. The Morgan fingerprint density at radius 2 is 0.863 bits per heavy atom. The maximum absolute atomic E-state index is 15.1. The standard InChI is InChI=1S/C21H19F5O.C20H19F3O/c1-2-11-3-5-12(6-4-11)13-7-8-14-15-9-10-16(21(24,25)26)18(23)20(15)27-19(14)17(13)22;1-2-11-3-5-12(6-4-11)13-7-8-14-15-9-10-16(21)18(23)20(15)24-19(14)17(13)22/h7-12H,2-6H2,1H3;7-12H,2-6H2,1H3. The van der Waals surface area contributed by atoms with Crippen LogP contribution in [0.1, 0.15) is 107 Å². The summed E-state index contributed by atoms with van der Waals surface area (Å²) in [5.74, 6) is -2.94. The van der Waals surface area contributed by atoms with Crippen LogP contribution >= 0.6 is 0 Å². The molecule has 6 aromatic rings. The zero-order valence-electron chi connectivity index (χ0n) is 28.3. The Labute approximate surface area is 289 Å². The normalized spacial score (nSPS) is 21.5. The summed E-state index contributed by atoms with van der Waals surface area (Å²) in [6, 6.07) is 11.1. The first kappa shape index (κ1) is 35.3. The Hall–Kier alpha value is -4.08. The number of rotatable bonds is 4. The highest BCUT2D eigenvalue weighted by Gasteiger charge is 2.36. The van der Waals surface area contributed by atoms with Gasteiger partial charge in [-0.15, -0.1) is 0 Å². The van der Waals surface area contributed by atoms with E-state index >= 15 is 4.39 Å². The van der Waals surface area contributed by atoms with Crippen LogP contribution in [0.3, 0.4) is 0 Å². The fourth-order valence-electron chi connectivity index (χ4n) is 8.30. The van der Waals surface area contributed by atoms with Crippen molar-refractivity contribution < 1.29 is 44.0 Å². The van der Waals surface area contributed by atoms with Gasteiger partial charge in [-0.3, -0.25) is 0 Å². The van der Waals surface area contributed by atoms with Crippen LogP contribution in [0.25, 0.3) is 43.9 Å². The fraction of sp³-hybridized carbons (Fsp3) is 0.415. The Kier molecular flexibility index (Phi) is 9.56. The van der Waals surface area contributed by atoms with Gasteiger partial charge in [0.15, 0.2) is 45.6 Å². The Balaban J connectivity index is 0.000000160. The number of hydrogen-bond acceptors (Lipinski definition) is 2. The molecule has 0 N–H and O–H groups in total. The van der Waals surface area contributed by atoms with Crippen molar-refractivity contribution in [3.05, 3.63) is 94.3 Å². The Morgan fingerprint density at radius 1 is 0.490 bits per heavy atom. The SMILES string of the molecule is CCC1CCC(c2ccc3c(oc4c(F)c(C(F)(F)F)ccc43)c2F)CC1.CCC1CCC(c2ccc3c(oc4c(F)c(F)ccc43)c2F)CC1. The van der Waals surface area contributed by atoms with Crippen molar-refractivity contribution in [2.75, 3.05) is 0 Å². The third kappa shape index (κ3) is 6.37. The molecule has 10 heteroatoms. The van der Waals surface area contributed by atoms with Gasteiger partial charge in [0.2, 0.25) is 5.82 Å². The number of hydrogen-bond donors (Lipinski definition) is 0. The molecule has 51 heavy (non-hydrogen) atoms. The zero-order valence-corrected chi connectivity index (χ0v) is 28.3. The van der Waals surface area contributed by atoms with E-state index in [1.54, 1.807) is 24.3 Å². The quantitative estimate of drug-likeness (QED) is 0.170. The lowest BCUT2D eigenvalue weighted by molar-refractivity contribution is -0.139.